The van der Waals surface area contributed by atoms with E-state index in [0.717, 1.165) is 37.0 Å². The summed E-state index contributed by atoms with van der Waals surface area (Å²) >= 11 is 0. The van der Waals surface area contributed by atoms with E-state index in [1.807, 2.05) is 23.1 Å². The fourth-order valence-corrected chi connectivity index (χ4v) is 3.69. The first-order valence-electron chi connectivity index (χ1n) is 8.72. The summed E-state index contributed by atoms with van der Waals surface area (Å²) in [5.74, 6) is 1.01. The van der Waals surface area contributed by atoms with Gasteiger partial charge in [-0.2, -0.15) is 0 Å². The van der Waals surface area contributed by atoms with Crippen molar-refractivity contribution < 1.29 is 9.21 Å². The Morgan fingerprint density at radius 3 is 2.65 bits per heavy atom. The van der Waals surface area contributed by atoms with Crippen molar-refractivity contribution in [3.05, 3.63) is 59.0 Å². The highest BCUT2D eigenvalue weighted by atomic mass is 16.3. The number of amides is 1. The highest BCUT2D eigenvalue weighted by Crippen LogP contribution is 2.36. The molecule has 0 radical (unpaired) electrons. The van der Waals surface area contributed by atoms with E-state index in [9.17, 15) is 4.79 Å². The first-order valence-corrected chi connectivity index (χ1v) is 8.72. The summed E-state index contributed by atoms with van der Waals surface area (Å²) < 4.78 is 5.54. The molecular formula is C20H23NO2. The predicted molar refractivity (Wildman–Crippen MR) is 89.4 cm³/mol. The summed E-state index contributed by atoms with van der Waals surface area (Å²) in [6, 6.07) is 10.5. The molecule has 1 atom stereocenters. The van der Waals surface area contributed by atoms with Gasteiger partial charge in [-0.3, -0.25) is 4.79 Å². The van der Waals surface area contributed by atoms with Crippen LogP contribution in [0.1, 0.15) is 65.9 Å². The zero-order chi connectivity index (χ0) is 15.8. The number of furan rings is 1. The standard InChI is InChI=1S/C20H23NO2/c1-14(19-7-4-12-23-19)21(18-10-11-18)20(22)17-9-8-15-5-2-3-6-16(15)13-17/h4,7-9,12-14,18H,2-3,5-6,10-11H2,1H3. The molecule has 120 valence electrons. The quantitative estimate of drug-likeness (QED) is 0.831. The highest BCUT2D eigenvalue weighted by Gasteiger charge is 2.37. The molecule has 2 aromatic rings. The molecule has 1 aromatic carbocycles. The number of hydrogen-bond acceptors (Lipinski definition) is 2. The number of benzene rings is 1. The number of rotatable bonds is 4. The number of carbonyl (C=O) groups excluding carboxylic acids is 1. The summed E-state index contributed by atoms with van der Waals surface area (Å²) in [5.41, 5.74) is 3.62. The minimum absolute atomic E-state index is 0.0129. The van der Waals surface area contributed by atoms with Crippen molar-refractivity contribution in [2.24, 2.45) is 0 Å². The monoisotopic (exact) mass is 309 g/mol. The van der Waals surface area contributed by atoms with Crippen LogP contribution >= 0.6 is 0 Å². The average molecular weight is 309 g/mol. The van der Waals surface area contributed by atoms with Crippen LogP contribution in [0.25, 0.3) is 0 Å². The van der Waals surface area contributed by atoms with Crippen LogP contribution in [0.3, 0.4) is 0 Å². The van der Waals surface area contributed by atoms with Crippen LogP contribution in [0.5, 0.6) is 0 Å². The highest BCUT2D eigenvalue weighted by molar-refractivity contribution is 5.95. The Hall–Kier alpha value is -2.03. The van der Waals surface area contributed by atoms with E-state index in [1.54, 1.807) is 6.26 Å². The maximum absolute atomic E-state index is 13.1. The van der Waals surface area contributed by atoms with Gasteiger partial charge in [0, 0.05) is 11.6 Å². The summed E-state index contributed by atoms with van der Waals surface area (Å²) in [7, 11) is 0. The van der Waals surface area contributed by atoms with Crippen LogP contribution in [0.2, 0.25) is 0 Å². The molecule has 2 aliphatic carbocycles. The number of fused-ring (bicyclic) bond motifs is 1. The van der Waals surface area contributed by atoms with Crippen LogP contribution in [-0.4, -0.2) is 16.8 Å². The zero-order valence-corrected chi connectivity index (χ0v) is 13.6. The van der Waals surface area contributed by atoms with Gasteiger partial charge in [0.05, 0.1) is 12.3 Å². The second-order valence-corrected chi connectivity index (χ2v) is 6.83. The fourth-order valence-electron chi connectivity index (χ4n) is 3.69. The lowest BCUT2D eigenvalue weighted by Gasteiger charge is -2.28. The molecule has 0 saturated heterocycles. The molecular weight excluding hydrogens is 286 g/mol. The molecule has 3 heteroatoms. The maximum atomic E-state index is 13.1. The largest absolute Gasteiger partial charge is 0.467 e. The van der Waals surface area contributed by atoms with E-state index in [-0.39, 0.29) is 11.9 Å². The van der Waals surface area contributed by atoms with Gasteiger partial charge < -0.3 is 9.32 Å². The van der Waals surface area contributed by atoms with Crippen molar-refractivity contribution in [2.75, 3.05) is 0 Å². The van der Waals surface area contributed by atoms with Crippen molar-refractivity contribution in [3.63, 3.8) is 0 Å². The molecule has 23 heavy (non-hydrogen) atoms. The van der Waals surface area contributed by atoms with E-state index in [0.29, 0.717) is 6.04 Å². The topological polar surface area (TPSA) is 33.5 Å². The number of aryl methyl sites for hydroxylation is 2. The third-order valence-electron chi connectivity index (χ3n) is 5.14. The average Bonchev–Trinajstić information content (AvgIpc) is 3.26. The molecule has 3 nitrogen and oxygen atoms in total. The molecule has 1 aromatic heterocycles. The van der Waals surface area contributed by atoms with Gasteiger partial charge in [-0.25, -0.2) is 0 Å². The van der Waals surface area contributed by atoms with Crippen molar-refractivity contribution in [1.82, 2.24) is 4.90 Å². The number of hydrogen-bond donors (Lipinski definition) is 0. The second-order valence-electron chi connectivity index (χ2n) is 6.83. The summed E-state index contributed by atoms with van der Waals surface area (Å²) in [6.07, 6.45) is 8.64. The van der Waals surface area contributed by atoms with E-state index in [1.165, 1.54) is 24.0 Å². The normalized spacial score (nSPS) is 18.3. The van der Waals surface area contributed by atoms with Crippen molar-refractivity contribution in [1.29, 1.82) is 0 Å². The predicted octanol–water partition coefficient (Wildman–Crippen LogP) is 4.52. The Kier molecular flexibility index (Phi) is 3.72. The smallest absolute Gasteiger partial charge is 0.254 e. The molecule has 1 amide bonds. The Labute approximate surface area is 137 Å². The van der Waals surface area contributed by atoms with E-state index >= 15 is 0 Å². The van der Waals surface area contributed by atoms with Crippen LogP contribution in [0.4, 0.5) is 0 Å². The second kappa shape index (κ2) is 5.88. The molecule has 1 heterocycles. The Bertz CT molecular complexity index is 700. The van der Waals surface area contributed by atoms with Gasteiger partial charge in [-0.05, 0) is 80.8 Å². The van der Waals surface area contributed by atoms with Crippen LogP contribution in [0.15, 0.2) is 41.0 Å². The number of carbonyl (C=O) groups is 1. The molecule has 2 aliphatic rings. The Balaban J connectivity index is 1.63. The molecule has 0 aliphatic heterocycles. The minimum Gasteiger partial charge on any atom is -0.467 e. The first-order chi connectivity index (χ1) is 11.2. The first kappa shape index (κ1) is 14.6. The van der Waals surface area contributed by atoms with Crippen LogP contribution in [0, 0.1) is 0 Å². The number of nitrogens with zero attached hydrogens (tertiary/aromatic N) is 1. The lowest BCUT2D eigenvalue weighted by atomic mass is 9.90. The molecule has 1 saturated carbocycles. The Morgan fingerprint density at radius 2 is 1.96 bits per heavy atom. The van der Waals surface area contributed by atoms with Gasteiger partial charge in [0.15, 0.2) is 0 Å². The van der Waals surface area contributed by atoms with E-state index < -0.39 is 0 Å². The minimum atomic E-state index is -0.0129. The van der Waals surface area contributed by atoms with Crippen molar-refractivity contribution >= 4 is 5.91 Å². The summed E-state index contributed by atoms with van der Waals surface area (Å²) in [6.45, 7) is 2.06. The van der Waals surface area contributed by atoms with Gasteiger partial charge in [-0.15, -0.1) is 0 Å². The lowest BCUT2D eigenvalue weighted by Crippen LogP contribution is -2.35. The van der Waals surface area contributed by atoms with Gasteiger partial charge in [0.2, 0.25) is 0 Å². The maximum Gasteiger partial charge on any atom is 0.254 e. The SMILES string of the molecule is CC(c1ccco1)N(C(=O)c1ccc2c(c1)CCCC2)C1CC1. The Morgan fingerprint density at radius 1 is 1.17 bits per heavy atom. The molecule has 0 spiro atoms. The molecule has 1 unspecified atom stereocenters. The fraction of sp³-hybridized carbons (Fsp3) is 0.450. The van der Waals surface area contributed by atoms with E-state index in [2.05, 4.69) is 19.1 Å². The van der Waals surface area contributed by atoms with Gasteiger partial charge in [0.25, 0.3) is 5.91 Å². The van der Waals surface area contributed by atoms with Gasteiger partial charge >= 0.3 is 0 Å². The van der Waals surface area contributed by atoms with Crippen LogP contribution < -0.4 is 0 Å². The van der Waals surface area contributed by atoms with Crippen molar-refractivity contribution in [3.8, 4) is 0 Å². The third-order valence-corrected chi connectivity index (χ3v) is 5.14. The summed E-state index contributed by atoms with van der Waals surface area (Å²) in [4.78, 5) is 15.2. The molecule has 0 bridgehead atoms. The van der Waals surface area contributed by atoms with Crippen molar-refractivity contribution in [2.45, 2.75) is 57.5 Å². The lowest BCUT2D eigenvalue weighted by molar-refractivity contribution is 0.0652. The zero-order valence-electron chi connectivity index (χ0n) is 13.6. The third kappa shape index (κ3) is 2.80. The summed E-state index contributed by atoms with van der Waals surface area (Å²) in [5, 5.41) is 0. The van der Waals surface area contributed by atoms with Crippen LogP contribution in [-0.2, 0) is 12.8 Å². The van der Waals surface area contributed by atoms with Gasteiger partial charge in [0.1, 0.15) is 5.76 Å². The van der Waals surface area contributed by atoms with E-state index in [4.69, 9.17) is 4.42 Å². The molecule has 0 N–H and O–H groups in total. The van der Waals surface area contributed by atoms with Gasteiger partial charge in [-0.1, -0.05) is 6.07 Å². The molecule has 4 rings (SSSR count). The molecule has 1 fully saturated rings.